The molecule has 2 N–H and O–H groups in total. The van der Waals surface area contributed by atoms with Gasteiger partial charge in [-0.05, 0) is 75.1 Å². The summed E-state index contributed by atoms with van der Waals surface area (Å²) in [7, 11) is 0. The summed E-state index contributed by atoms with van der Waals surface area (Å²) in [5, 5.41) is 6.68. The van der Waals surface area contributed by atoms with Crippen molar-refractivity contribution in [2.24, 2.45) is 5.92 Å². The quantitative estimate of drug-likeness (QED) is 0.786. The molecule has 1 aliphatic rings. The van der Waals surface area contributed by atoms with Crippen LogP contribution in [-0.2, 0) is 6.42 Å². The van der Waals surface area contributed by atoms with Gasteiger partial charge in [0.05, 0.1) is 0 Å². The number of hydrogen-bond acceptors (Lipinski definition) is 2. The van der Waals surface area contributed by atoms with Crippen molar-refractivity contribution in [2.75, 3.05) is 26.2 Å². The second-order valence-corrected chi connectivity index (χ2v) is 4.90. The molecule has 1 unspecified atom stereocenters. The fourth-order valence-corrected chi connectivity index (χ4v) is 2.36. The van der Waals surface area contributed by atoms with Gasteiger partial charge in [-0.3, -0.25) is 0 Å². The lowest BCUT2D eigenvalue weighted by Crippen LogP contribution is -2.36. The molecule has 0 radical (unpaired) electrons. The molecule has 1 aliphatic heterocycles. The summed E-state index contributed by atoms with van der Waals surface area (Å²) in [5.74, 6) is -0.0310. The molecule has 1 fully saturated rings. The Labute approximate surface area is 107 Å². The highest BCUT2D eigenvalue weighted by Gasteiger charge is 2.12. The maximum Gasteiger partial charge on any atom is 0.126 e. The van der Waals surface area contributed by atoms with Crippen LogP contribution in [0.15, 0.2) is 18.2 Å². The third-order valence-corrected chi connectivity index (χ3v) is 3.41. The van der Waals surface area contributed by atoms with E-state index in [1.165, 1.54) is 25.0 Å². The third kappa shape index (κ3) is 4.03. The Morgan fingerprint density at radius 2 is 2.22 bits per heavy atom. The molecule has 1 saturated heterocycles. The van der Waals surface area contributed by atoms with E-state index in [4.69, 9.17) is 0 Å². The van der Waals surface area contributed by atoms with Crippen molar-refractivity contribution in [2.45, 2.75) is 19.3 Å². The SMILES string of the molecule is Fc1ccc(F)c(CCNCC2CCCNC2)c1. The van der Waals surface area contributed by atoms with Gasteiger partial charge in [-0.1, -0.05) is 0 Å². The molecule has 2 nitrogen and oxygen atoms in total. The lowest BCUT2D eigenvalue weighted by molar-refractivity contribution is 0.361. The van der Waals surface area contributed by atoms with Crippen LogP contribution in [0.4, 0.5) is 8.78 Å². The highest BCUT2D eigenvalue weighted by atomic mass is 19.1. The lowest BCUT2D eigenvalue weighted by atomic mass is 10.00. The highest BCUT2D eigenvalue weighted by molar-refractivity contribution is 5.18. The van der Waals surface area contributed by atoms with E-state index in [0.717, 1.165) is 25.7 Å². The summed E-state index contributed by atoms with van der Waals surface area (Å²) in [6.07, 6.45) is 3.00. The van der Waals surface area contributed by atoms with Crippen LogP contribution in [0.5, 0.6) is 0 Å². The second-order valence-electron chi connectivity index (χ2n) is 4.90. The number of halogens is 2. The molecule has 1 aromatic rings. The molecular formula is C14H20F2N2. The van der Waals surface area contributed by atoms with E-state index >= 15 is 0 Å². The minimum absolute atomic E-state index is 0.322. The van der Waals surface area contributed by atoms with Gasteiger partial charge < -0.3 is 10.6 Å². The zero-order valence-electron chi connectivity index (χ0n) is 10.5. The molecule has 0 bridgehead atoms. The van der Waals surface area contributed by atoms with Crippen molar-refractivity contribution in [3.8, 4) is 0 Å². The zero-order chi connectivity index (χ0) is 12.8. The Bertz CT molecular complexity index is 376. The van der Waals surface area contributed by atoms with Gasteiger partial charge in [0, 0.05) is 0 Å². The van der Waals surface area contributed by atoms with Crippen molar-refractivity contribution < 1.29 is 8.78 Å². The Hall–Kier alpha value is -1.00. The Balaban J connectivity index is 1.69. The monoisotopic (exact) mass is 254 g/mol. The first-order valence-electron chi connectivity index (χ1n) is 6.61. The Morgan fingerprint density at radius 1 is 1.33 bits per heavy atom. The molecule has 4 heteroatoms. The van der Waals surface area contributed by atoms with Crippen LogP contribution in [0.25, 0.3) is 0 Å². The van der Waals surface area contributed by atoms with E-state index in [1.54, 1.807) is 0 Å². The molecule has 1 heterocycles. The highest BCUT2D eigenvalue weighted by Crippen LogP contribution is 2.11. The van der Waals surface area contributed by atoms with Crippen LogP contribution in [0, 0.1) is 17.6 Å². The maximum atomic E-state index is 13.3. The number of piperidine rings is 1. The standard InChI is InChI=1S/C14H20F2N2/c15-13-3-4-14(16)12(8-13)5-7-18-10-11-2-1-6-17-9-11/h3-4,8,11,17-18H,1-2,5-7,9-10H2. The minimum Gasteiger partial charge on any atom is -0.316 e. The van der Waals surface area contributed by atoms with Gasteiger partial charge in [-0.2, -0.15) is 0 Å². The van der Waals surface area contributed by atoms with Crippen molar-refractivity contribution in [1.29, 1.82) is 0 Å². The van der Waals surface area contributed by atoms with Gasteiger partial charge >= 0.3 is 0 Å². The number of hydrogen-bond donors (Lipinski definition) is 2. The molecule has 1 aromatic carbocycles. The lowest BCUT2D eigenvalue weighted by Gasteiger charge is -2.22. The van der Waals surface area contributed by atoms with Crippen molar-refractivity contribution in [3.05, 3.63) is 35.4 Å². The van der Waals surface area contributed by atoms with E-state index in [1.807, 2.05) is 0 Å². The van der Waals surface area contributed by atoms with Crippen molar-refractivity contribution in [3.63, 3.8) is 0 Å². The first-order valence-corrected chi connectivity index (χ1v) is 6.61. The average Bonchev–Trinajstić information content (AvgIpc) is 2.40. The molecule has 0 saturated carbocycles. The van der Waals surface area contributed by atoms with Crippen LogP contribution >= 0.6 is 0 Å². The molecule has 0 aromatic heterocycles. The Morgan fingerprint density at radius 3 is 3.00 bits per heavy atom. The fourth-order valence-electron chi connectivity index (χ4n) is 2.36. The first kappa shape index (κ1) is 13.4. The van der Waals surface area contributed by atoms with Crippen LogP contribution in [0.3, 0.4) is 0 Å². The van der Waals surface area contributed by atoms with Crippen molar-refractivity contribution in [1.82, 2.24) is 10.6 Å². The normalized spacial score (nSPS) is 20.0. The third-order valence-electron chi connectivity index (χ3n) is 3.41. The van der Waals surface area contributed by atoms with E-state index in [0.29, 0.717) is 24.4 Å². The van der Waals surface area contributed by atoms with Gasteiger partial charge in [0.25, 0.3) is 0 Å². The summed E-state index contributed by atoms with van der Waals surface area (Å²) in [4.78, 5) is 0. The summed E-state index contributed by atoms with van der Waals surface area (Å²) in [6, 6.07) is 3.62. The van der Waals surface area contributed by atoms with Gasteiger partial charge in [0.1, 0.15) is 11.6 Å². The molecular weight excluding hydrogens is 234 g/mol. The van der Waals surface area contributed by atoms with E-state index in [9.17, 15) is 8.78 Å². The van der Waals surface area contributed by atoms with Crippen LogP contribution in [0.1, 0.15) is 18.4 Å². The smallest absolute Gasteiger partial charge is 0.126 e. The van der Waals surface area contributed by atoms with Crippen LogP contribution in [0.2, 0.25) is 0 Å². The minimum atomic E-state index is -0.372. The van der Waals surface area contributed by atoms with Crippen molar-refractivity contribution >= 4 is 0 Å². The number of benzene rings is 1. The first-order chi connectivity index (χ1) is 8.75. The van der Waals surface area contributed by atoms with Crippen LogP contribution in [-0.4, -0.2) is 26.2 Å². The molecule has 0 spiro atoms. The molecule has 0 amide bonds. The van der Waals surface area contributed by atoms with Gasteiger partial charge in [-0.25, -0.2) is 8.78 Å². The summed E-state index contributed by atoms with van der Waals surface area (Å²) < 4.78 is 26.3. The fraction of sp³-hybridized carbons (Fsp3) is 0.571. The molecule has 0 aliphatic carbocycles. The van der Waals surface area contributed by atoms with Gasteiger partial charge in [-0.15, -0.1) is 0 Å². The summed E-state index contributed by atoms with van der Waals surface area (Å²) in [5.41, 5.74) is 0.448. The predicted octanol–water partition coefficient (Wildman–Crippen LogP) is 2.10. The maximum absolute atomic E-state index is 13.3. The molecule has 18 heavy (non-hydrogen) atoms. The summed E-state index contributed by atoms with van der Waals surface area (Å²) in [6.45, 7) is 3.81. The largest absolute Gasteiger partial charge is 0.316 e. The van der Waals surface area contributed by atoms with E-state index < -0.39 is 0 Å². The number of nitrogens with one attached hydrogen (secondary N) is 2. The van der Waals surface area contributed by atoms with Gasteiger partial charge in [0.15, 0.2) is 0 Å². The molecule has 100 valence electrons. The second kappa shape index (κ2) is 6.81. The van der Waals surface area contributed by atoms with Crippen LogP contribution < -0.4 is 10.6 Å². The van der Waals surface area contributed by atoms with E-state index in [-0.39, 0.29) is 11.6 Å². The summed E-state index contributed by atoms with van der Waals surface area (Å²) >= 11 is 0. The average molecular weight is 254 g/mol. The topological polar surface area (TPSA) is 24.1 Å². The van der Waals surface area contributed by atoms with E-state index in [2.05, 4.69) is 10.6 Å². The Kier molecular flexibility index (Phi) is 5.08. The van der Waals surface area contributed by atoms with Gasteiger partial charge in [0.2, 0.25) is 0 Å². The predicted molar refractivity (Wildman–Crippen MR) is 68.5 cm³/mol. The molecule has 1 atom stereocenters. The number of rotatable bonds is 5. The molecule has 2 rings (SSSR count). The zero-order valence-corrected chi connectivity index (χ0v) is 10.5.